The summed E-state index contributed by atoms with van der Waals surface area (Å²) in [5.74, 6) is 0.851. The number of fused-ring (bicyclic) bond motifs is 1. The van der Waals surface area contributed by atoms with E-state index in [1.165, 1.54) is 22.4 Å². The van der Waals surface area contributed by atoms with Crippen LogP contribution in [-0.4, -0.2) is 42.8 Å². The summed E-state index contributed by atoms with van der Waals surface area (Å²) in [6, 6.07) is 8.62. The SMILES string of the molecule is Cc1ccc(-c2nc(N3CCOCC3)nc3c2CNCC3)cc1. The molecule has 4 rings (SSSR count). The van der Waals surface area contributed by atoms with Gasteiger partial charge in [-0.3, -0.25) is 0 Å². The van der Waals surface area contributed by atoms with Crippen molar-refractivity contribution in [3.05, 3.63) is 41.1 Å². The number of hydrogen-bond acceptors (Lipinski definition) is 5. The number of anilines is 1. The largest absolute Gasteiger partial charge is 0.378 e. The van der Waals surface area contributed by atoms with Gasteiger partial charge in [-0.25, -0.2) is 9.97 Å². The highest BCUT2D eigenvalue weighted by Gasteiger charge is 2.22. The van der Waals surface area contributed by atoms with Crippen LogP contribution in [0.3, 0.4) is 0 Å². The third kappa shape index (κ3) is 2.94. The van der Waals surface area contributed by atoms with E-state index in [2.05, 4.69) is 41.4 Å². The summed E-state index contributed by atoms with van der Waals surface area (Å²) in [6.45, 7) is 7.18. The second-order valence-corrected chi connectivity index (χ2v) is 6.19. The van der Waals surface area contributed by atoms with Crippen molar-refractivity contribution in [1.82, 2.24) is 15.3 Å². The minimum absolute atomic E-state index is 0.752. The first-order valence-electron chi connectivity index (χ1n) is 8.31. The predicted octanol–water partition coefficient (Wildman–Crippen LogP) is 1.93. The van der Waals surface area contributed by atoms with Crippen LogP contribution in [0, 0.1) is 6.92 Å². The van der Waals surface area contributed by atoms with Crippen LogP contribution in [0.1, 0.15) is 16.8 Å². The zero-order valence-corrected chi connectivity index (χ0v) is 13.5. The smallest absolute Gasteiger partial charge is 0.226 e. The molecule has 2 aromatic rings. The van der Waals surface area contributed by atoms with Crippen molar-refractivity contribution in [3.8, 4) is 11.3 Å². The molecule has 0 amide bonds. The summed E-state index contributed by atoms with van der Waals surface area (Å²) in [5, 5.41) is 3.45. The highest BCUT2D eigenvalue weighted by molar-refractivity contribution is 5.66. The molecule has 0 aliphatic carbocycles. The zero-order chi connectivity index (χ0) is 15.6. The van der Waals surface area contributed by atoms with E-state index >= 15 is 0 Å². The molecule has 0 bridgehead atoms. The number of ether oxygens (including phenoxy) is 1. The van der Waals surface area contributed by atoms with Gasteiger partial charge in [0, 0.05) is 43.7 Å². The first-order chi connectivity index (χ1) is 11.3. The molecular formula is C18H22N4O. The van der Waals surface area contributed by atoms with Gasteiger partial charge in [0.2, 0.25) is 5.95 Å². The number of morpholine rings is 1. The van der Waals surface area contributed by atoms with E-state index in [1.807, 2.05) is 0 Å². The van der Waals surface area contributed by atoms with Crippen LogP contribution in [0.4, 0.5) is 5.95 Å². The van der Waals surface area contributed by atoms with Crippen LogP contribution < -0.4 is 10.2 Å². The molecule has 1 fully saturated rings. The van der Waals surface area contributed by atoms with E-state index in [0.717, 1.165) is 57.5 Å². The van der Waals surface area contributed by atoms with Crippen molar-refractivity contribution >= 4 is 5.95 Å². The summed E-state index contributed by atoms with van der Waals surface area (Å²) in [6.07, 6.45) is 0.966. The van der Waals surface area contributed by atoms with Crippen LogP contribution >= 0.6 is 0 Å². The summed E-state index contributed by atoms with van der Waals surface area (Å²) in [7, 11) is 0. The lowest BCUT2D eigenvalue weighted by molar-refractivity contribution is 0.122. The number of nitrogens with one attached hydrogen (secondary N) is 1. The Labute approximate surface area is 136 Å². The minimum Gasteiger partial charge on any atom is -0.378 e. The summed E-state index contributed by atoms with van der Waals surface area (Å²) < 4.78 is 5.45. The average molecular weight is 310 g/mol. The lowest BCUT2D eigenvalue weighted by Crippen LogP contribution is -2.38. The van der Waals surface area contributed by atoms with Crippen molar-refractivity contribution in [3.63, 3.8) is 0 Å². The fourth-order valence-corrected chi connectivity index (χ4v) is 3.19. The number of aryl methyl sites for hydroxylation is 1. The Bertz CT molecular complexity index is 693. The Balaban J connectivity index is 1.80. The van der Waals surface area contributed by atoms with Crippen molar-refractivity contribution < 1.29 is 4.74 Å². The second kappa shape index (κ2) is 6.26. The van der Waals surface area contributed by atoms with E-state index in [9.17, 15) is 0 Å². The standard InChI is InChI=1S/C18H22N4O/c1-13-2-4-14(5-3-13)17-15-12-19-7-6-16(15)20-18(21-17)22-8-10-23-11-9-22/h2-5,19H,6-12H2,1H3. The predicted molar refractivity (Wildman–Crippen MR) is 90.6 cm³/mol. The molecule has 2 aliphatic rings. The van der Waals surface area contributed by atoms with Crippen molar-refractivity contribution in [2.45, 2.75) is 19.9 Å². The molecule has 0 radical (unpaired) electrons. The van der Waals surface area contributed by atoms with Crippen LogP contribution in [0.25, 0.3) is 11.3 Å². The van der Waals surface area contributed by atoms with Crippen LogP contribution in [-0.2, 0) is 17.7 Å². The summed E-state index contributed by atoms with van der Waals surface area (Å²) in [4.78, 5) is 12.0. The molecule has 0 atom stereocenters. The third-order valence-electron chi connectivity index (χ3n) is 4.54. The van der Waals surface area contributed by atoms with Gasteiger partial charge in [-0.05, 0) is 6.92 Å². The van der Waals surface area contributed by atoms with E-state index < -0.39 is 0 Å². The first kappa shape index (κ1) is 14.6. The van der Waals surface area contributed by atoms with Crippen LogP contribution in [0.2, 0.25) is 0 Å². The second-order valence-electron chi connectivity index (χ2n) is 6.19. The Morgan fingerprint density at radius 3 is 2.65 bits per heavy atom. The highest BCUT2D eigenvalue weighted by atomic mass is 16.5. The van der Waals surface area contributed by atoms with Gasteiger partial charge < -0.3 is 15.0 Å². The molecule has 5 nitrogen and oxygen atoms in total. The lowest BCUT2D eigenvalue weighted by Gasteiger charge is -2.29. The van der Waals surface area contributed by atoms with Gasteiger partial charge in [-0.15, -0.1) is 0 Å². The van der Waals surface area contributed by atoms with Crippen molar-refractivity contribution in [2.75, 3.05) is 37.7 Å². The van der Waals surface area contributed by atoms with E-state index in [-0.39, 0.29) is 0 Å². The third-order valence-corrected chi connectivity index (χ3v) is 4.54. The zero-order valence-electron chi connectivity index (χ0n) is 13.5. The number of rotatable bonds is 2. The van der Waals surface area contributed by atoms with Crippen LogP contribution in [0.5, 0.6) is 0 Å². The monoisotopic (exact) mass is 310 g/mol. The normalized spacial score (nSPS) is 17.9. The maximum Gasteiger partial charge on any atom is 0.226 e. The minimum atomic E-state index is 0.752. The van der Waals surface area contributed by atoms with E-state index in [4.69, 9.17) is 14.7 Å². The number of hydrogen-bond donors (Lipinski definition) is 1. The highest BCUT2D eigenvalue weighted by Crippen LogP contribution is 2.28. The van der Waals surface area contributed by atoms with Gasteiger partial charge in [0.05, 0.1) is 24.6 Å². The van der Waals surface area contributed by atoms with Gasteiger partial charge >= 0.3 is 0 Å². The molecule has 0 unspecified atom stereocenters. The maximum atomic E-state index is 5.45. The van der Waals surface area contributed by atoms with Gasteiger partial charge in [0.1, 0.15) is 0 Å². The van der Waals surface area contributed by atoms with E-state index in [0.29, 0.717) is 0 Å². The topological polar surface area (TPSA) is 50.3 Å². The molecule has 3 heterocycles. The number of aromatic nitrogens is 2. The lowest BCUT2D eigenvalue weighted by atomic mass is 10.00. The molecule has 5 heteroatoms. The molecule has 0 saturated carbocycles. The van der Waals surface area contributed by atoms with E-state index in [1.54, 1.807) is 0 Å². The van der Waals surface area contributed by atoms with Gasteiger partial charge in [-0.2, -0.15) is 0 Å². The Hall–Kier alpha value is -1.98. The van der Waals surface area contributed by atoms with Gasteiger partial charge in [0.25, 0.3) is 0 Å². The molecule has 0 spiro atoms. The average Bonchev–Trinajstić information content (AvgIpc) is 2.62. The number of nitrogens with zero attached hydrogens (tertiary/aromatic N) is 3. The molecule has 23 heavy (non-hydrogen) atoms. The van der Waals surface area contributed by atoms with Crippen molar-refractivity contribution in [2.24, 2.45) is 0 Å². The number of benzene rings is 1. The summed E-state index contributed by atoms with van der Waals surface area (Å²) in [5.41, 5.74) is 5.95. The molecule has 1 aromatic heterocycles. The molecule has 120 valence electrons. The van der Waals surface area contributed by atoms with Crippen LogP contribution in [0.15, 0.2) is 24.3 Å². The Kier molecular flexibility index (Phi) is 3.97. The van der Waals surface area contributed by atoms with Gasteiger partial charge in [-0.1, -0.05) is 29.8 Å². The van der Waals surface area contributed by atoms with Gasteiger partial charge in [0.15, 0.2) is 0 Å². The Morgan fingerprint density at radius 2 is 1.87 bits per heavy atom. The fraction of sp³-hybridized carbons (Fsp3) is 0.444. The van der Waals surface area contributed by atoms with Crippen molar-refractivity contribution in [1.29, 1.82) is 0 Å². The molecule has 1 saturated heterocycles. The fourth-order valence-electron chi connectivity index (χ4n) is 3.19. The first-order valence-corrected chi connectivity index (χ1v) is 8.31. The maximum absolute atomic E-state index is 5.45. The molecule has 2 aliphatic heterocycles. The quantitative estimate of drug-likeness (QED) is 0.918. The molecule has 1 aromatic carbocycles. The summed E-state index contributed by atoms with van der Waals surface area (Å²) >= 11 is 0. The molecular weight excluding hydrogens is 288 g/mol. The molecule has 1 N–H and O–H groups in total. The Morgan fingerprint density at radius 1 is 1.09 bits per heavy atom.